The van der Waals surface area contributed by atoms with Crippen molar-refractivity contribution in [1.29, 1.82) is 0 Å². The summed E-state index contributed by atoms with van der Waals surface area (Å²) in [7, 11) is 0. The van der Waals surface area contributed by atoms with Gasteiger partial charge in [0.2, 0.25) is 0 Å². The van der Waals surface area contributed by atoms with Gasteiger partial charge in [-0.1, -0.05) is 42.5 Å². The normalized spacial score (nSPS) is 11.4. The van der Waals surface area contributed by atoms with Crippen molar-refractivity contribution in [3.8, 4) is 22.6 Å². The van der Waals surface area contributed by atoms with E-state index in [0.29, 0.717) is 5.65 Å². The smallest absolute Gasteiger partial charge is 0.181 e. The molecule has 6 rings (SSSR count). The molecule has 0 aliphatic heterocycles. The lowest BCUT2D eigenvalue weighted by Gasteiger charge is -2.07. The summed E-state index contributed by atoms with van der Waals surface area (Å²) in [6.07, 6.45) is 5.60. The predicted octanol–water partition coefficient (Wildman–Crippen LogP) is 4.85. The number of pyridine rings is 2. The summed E-state index contributed by atoms with van der Waals surface area (Å²) in [6, 6.07) is 22.6. The molecule has 0 fully saturated rings. The van der Waals surface area contributed by atoms with Gasteiger partial charge in [-0.15, -0.1) is 0 Å². The average molecular weight is 432 g/mol. The molecule has 4 aromatic heterocycles. The number of imidazole rings is 1. The number of nitrogens with one attached hydrogen (secondary N) is 3. The van der Waals surface area contributed by atoms with Gasteiger partial charge in [0, 0.05) is 42.8 Å². The second-order valence-electron chi connectivity index (χ2n) is 7.97. The van der Waals surface area contributed by atoms with E-state index in [4.69, 9.17) is 4.98 Å². The maximum atomic E-state index is 4.71. The minimum atomic E-state index is 0.655. The first kappa shape index (κ1) is 19.3. The first-order valence-corrected chi connectivity index (χ1v) is 10.8. The van der Waals surface area contributed by atoms with Crippen LogP contribution in [0.2, 0.25) is 0 Å². The Bertz CT molecular complexity index is 1520. The predicted molar refractivity (Wildman–Crippen MR) is 129 cm³/mol. The molecule has 7 heteroatoms. The highest BCUT2D eigenvalue weighted by Crippen LogP contribution is 2.29. The molecule has 160 valence electrons. The number of para-hydroxylation sites is 2. The van der Waals surface area contributed by atoms with Gasteiger partial charge in [0.05, 0.1) is 16.4 Å². The highest BCUT2D eigenvalue weighted by Gasteiger charge is 2.14. The molecule has 0 aliphatic carbocycles. The van der Waals surface area contributed by atoms with Crippen molar-refractivity contribution in [1.82, 2.24) is 35.5 Å². The standard InChI is InChI=1S/C26H21N7/c1-2-6-17(7-3-1)12-27-13-18-10-19(15-28-14-18)20-11-21-24(32-33-25(21)29-16-20)26-30-22-8-4-5-9-23(22)31-26/h1-11,14-16,27H,12-13H2,(H,30,31)(H,29,32,33). The number of benzene rings is 2. The zero-order valence-electron chi connectivity index (χ0n) is 17.8. The third-order valence-electron chi connectivity index (χ3n) is 5.67. The average Bonchev–Trinajstić information content (AvgIpc) is 3.48. The lowest BCUT2D eigenvalue weighted by Crippen LogP contribution is -2.12. The van der Waals surface area contributed by atoms with Gasteiger partial charge in [0.1, 0.15) is 5.69 Å². The van der Waals surface area contributed by atoms with E-state index in [0.717, 1.165) is 57.7 Å². The molecule has 0 aliphatic rings. The minimum Gasteiger partial charge on any atom is -0.337 e. The number of aromatic nitrogens is 6. The van der Waals surface area contributed by atoms with Crippen molar-refractivity contribution in [2.75, 3.05) is 0 Å². The number of rotatable bonds is 6. The van der Waals surface area contributed by atoms with Gasteiger partial charge >= 0.3 is 0 Å². The maximum absolute atomic E-state index is 4.71. The fourth-order valence-corrected chi connectivity index (χ4v) is 4.00. The first-order chi connectivity index (χ1) is 16.3. The Labute approximate surface area is 190 Å². The highest BCUT2D eigenvalue weighted by atomic mass is 15.2. The van der Waals surface area contributed by atoms with Gasteiger partial charge in [0.15, 0.2) is 11.5 Å². The Morgan fingerprint density at radius 1 is 0.788 bits per heavy atom. The van der Waals surface area contributed by atoms with E-state index in [2.05, 4.69) is 66.9 Å². The number of H-pyrrole nitrogens is 2. The Balaban J connectivity index is 1.28. The van der Waals surface area contributed by atoms with E-state index in [-0.39, 0.29) is 0 Å². The van der Waals surface area contributed by atoms with Crippen LogP contribution < -0.4 is 5.32 Å². The largest absolute Gasteiger partial charge is 0.337 e. The molecule has 2 aromatic carbocycles. The molecule has 7 nitrogen and oxygen atoms in total. The first-order valence-electron chi connectivity index (χ1n) is 10.8. The van der Waals surface area contributed by atoms with Gasteiger partial charge in [-0.3, -0.25) is 10.1 Å². The van der Waals surface area contributed by atoms with Crippen LogP contribution in [-0.4, -0.2) is 30.1 Å². The number of hydrogen-bond donors (Lipinski definition) is 3. The number of aromatic amines is 2. The summed E-state index contributed by atoms with van der Waals surface area (Å²) in [4.78, 5) is 17.1. The molecule has 3 N–H and O–H groups in total. The van der Waals surface area contributed by atoms with Crippen molar-refractivity contribution >= 4 is 22.1 Å². The molecule has 0 unspecified atom stereocenters. The quantitative estimate of drug-likeness (QED) is 0.350. The van der Waals surface area contributed by atoms with E-state index in [1.54, 1.807) is 0 Å². The van der Waals surface area contributed by atoms with Crippen LogP contribution in [0.15, 0.2) is 85.3 Å². The lowest BCUT2D eigenvalue weighted by molar-refractivity contribution is 0.691. The lowest BCUT2D eigenvalue weighted by atomic mass is 10.1. The van der Waals surface area contributed by atoms with Crippen LogP contribution in [0.1, 0.15) is 11.1 Å². The molecule has 0 amide bonds. The monoisotopic (exact) mass is 431 g/mol. The van der Waals surface area contributed by atoms with Crippen LogP contribution in [0, 0.1) is 0 Å². The molecule has 0 radical (unpaired) electrons. The minimum absolute atomic E-state index is 0.655. The van der Waals surface area contributed by atoms with Crippen LogP contribution >= 0.6 is 0 Å². The Kier molecular flexibility index (Phi) is 4.86. The van der Waals surface area contributed by atoms with E-state index < -0.39 is 0 Å². The van der Waals surface area contributed by atoms with Crippen molar-refractivity contribution in [2.45, 2.75) is 13.1 Å². The summed E-state index contributed by atoms with van der Waals surface area (Å²) in [6.45, 7) is 1.55. The van der Waals surface area contributed by atoms with Gasteiger partial charge in [-0.25, -0.2) is 9.97 Å². The molecule has 33 heavy (non-hydrogen) atoms. The molecule has 0 saturated heterocycles. The second kappa shape index (κ2) is 8.29. The molecular formula is C26H21N7. The van der Waals surface area contributed by atoms with Gasteiger partial charge in [-0.05, 0) is 35.4 Å². The molecule has 0 atom stereocenters. The molecule has 0 bridgehead atoms. The van der Waals surface area contributed by atoms with Gasteiger partial charge < -0.3 is 10.3 Å². The van der Waals surface area contributed by atoms with Crippen molar-refractivity contribution in [2.24, 2.45) is 0 Å². The van der Waals surface area contributed by atoms with E-state index in [1.807, 2.05) is 48.9 Å². The molecule has 4 heterocycles. The molecular weight excluding hydrogens is 410 g/mol. The molecule has 0 saturated carbocycles. The van der Waals surface area contributed by atoms with Crippen molar-refractivity contribution < 1.29 is 0 Å². The maximum Gasteiger partial charge on any atom is 0.181 e. The second-order valence-corrected chi connectivity index (χ2v) is 7.97. The van der Waals surface area contributed by atoms with Gasteiger partial charge in [0.25, 0.3) is 0 Å². The topological polar surface area (TPSA) is 95.2 Å². The summed E-state index contributed by atoms with van der Waals surface area (Å²) in [5.74, 6) is 0.745. The van der Waals surface area contributed by atoms with Crippen LogP contribution in [0.25, 0.3) is 44.7 Å². The third-order valence-corrected chi connectivity index (χ3v) is 5.67. The third kappa shape index (κ3) is 3.86. The van der Waals surface area contributed by atoms with E-state index in [1.165, 1.54) is 5.56 Å². The van der Waals surface area contributed by atoms with E-state index >= 15 is 0 Å². The van der Waals surface area contributed by atoms with Crippen molar-refractivity contribution in [3.05, 3.63) is 96.4 Å². The number of nitrogens with zero attached hydrogens (tertiary/aromatic N) is 4. The fourth-order valence-electron chi connectivity index (χ4n) is 4.00. The summed E-state index contributed by atoms with van der Waals surface area (Å²) < 4.78 is 0. The van der Waals surface area contributed by atoms with Crippen LogP contribution in [0.5, 0.6) is 0 Å². The fraction of sp³-hybridized carbons (Fsp3) is 0.0769. The zero-order chi connectivity index (χ0) is 22.0. The van der Waals surface area contributed by atoms with Crippen LogP contribution in [0.4, 0.5) is 0 Å². The summed E-state index contributed by atoms with van der Waals surface area (Å²) in [5.41, 5.74) is 7.76. The summed E-state index contributed by atoms with van der Waals surface area (Å²) in [5, 5.41) is 11.9. The van der Waals surface area contributed by atoms with Crippen LogP contribution in [0.3, 0.4) is 0 Å². The summed E-state index contributed by atoms with van der Waals surface area (Å²) >= 11 is 0. The Hall–Kier alpha value is -4.36. The van der Waals surface area contributed by atoms with Crippen molar-refractivity contribution in [3.63, 3.8) is 0 Å². The Morgan fingerprint density at radius 3 is 2.52 bits per heavy atom. The highest BCUT2D eigenvalue weighted by molar-refractivity contribution is 5.93. The number of fused-ring (bicyclic) bond motifs is 2. The van der Waals surface area contributed by atoms with Gasteiger partial charge in [-0.2, -0.15) is 5.10 Å². The van der Waals surface area contributed by atoms with E-state index in [9.17, 15) is 0 Å². The Morgan fingerprint density at radius 2 is 1.61 bits per heavy atom. The van der Waals surface area contributed by atoms with Crippen LogP contribution in [-0.2, 0) is 13.1 Å². The number of hydrogen-bond acceptors (Lipinski definition) is 5. The molecule has 0 spiro atoms. The molecule has 6 aromatic rings. The SMILES string of the molecule is c1ccc(CNCc2cncc(-c3cnc4n[nH]c(-c5nc6ccccc6[nH]5)c4c3)c2)cc1. The zero-order valence-corrected chi connectivity index (χ0v) is 17.8.